The van der Waals surface area contributed by atoms with E-state index < -0.39 is 11.7 Å². The van der Waals surface area contributed by atoms with Gasteiger partial charge in [-0.3, -0.25) is 4.79 Å². The number of piperazine rings is 1. The van der Waals surface area contributed by atoms with Gasteiger partial charge in [0.1, 0.15) is 0 Å². The molecule has 2 aromatic rings. The van der Waals surface area contributed by atoms with E-state index in [1.54, 1.807) is 6.07 Å². The van der Waals surface area contributed by atoms with Gasteiger partial charge in [-0.2, -0.15) is 13.2 Å². The molecule has 1 heterocycles. The quantitative estimate of drug-likeness (QED) is 0.808. The fraction of sp³-hybridized carbons (Fsp3) is 0.435. The van der Waals surface area contributed by atoms with E-state index in [2.05, 4.69) is 17.3 Å². The van der Waals surface area contributed by atoms with Crippen LogP contribution >= 0.6 is 0 Å². The fourth-order valence-corrected chi connectivity index (χ4v) is 3.97. The monoisotopic (exact) mass is 417 g/mol. The molecule has 0 radical (unpaired) electrons. The second-order valence-corrected chi connectivity index (χ2v) is 8.21. The van der Waals surface area contributed by atoms with Crippen molar-refractivity contribution in [2.24, 2.45) is 0 Å². The van der Waals surface area contributed by atoms with Crippen LogP contribution < -0.4 is 5.32 Å². The van der Waals surface area contributed by atoms with Gasteiger partial charge in [-0.05, 0) is 42.3 Å². The molecule has 2 aliphatic rings. The number of nitrogens with zero attached hydrogens (tertiary/aromatic N) is 2. The van der Waals surface area contributed by atoms with Crippen LogP contribution in [0.3, 0.4) is 0 Å². The van der Waals surface area contributed by atoms with Gasteiger partial charge in [0.25, 0.3) is 0 Å². The van der Waals surface area contributed by atoms with E-state index in [1.807, 2.05) is 29.2 Å². The lowest BCUT2D eigenvalue weighted by Crippen LogP contribution is -2.49. The van der Waals surface area contributed by atoms with Crippen molar-refractivity contribution in [1.29, 1.82) is 0 Å². The molecule has 2 aromatic carbocycles. The van der Waals surface area contributed by atoms with Crippen molar-refractivity contribution >= 4 is 5.91 Å². The molecule has 1 N–H and O–H groups in total. The second kappa shape index (κ2) is 8.40. The summed E-state index contributed by atoms with van der Waals surface area (Å²) in [5.41, 5.74) is 1.83. The molecule has 1 saturated heterocycles. The van der Waals surface area contributed by atoms with Gasteiger partial charge in [-0.25, -0.2) is 0 Å². The summed E-state index contributed by atoms with van der Waals surface area (Å²) in [6.45, 7) is 3.74. The van der Waals surface area contributed by atoms with E-state index >= 15 is 0 Å². The average Bonchev–Trinajstić information content (AvgIpc) is 3.52. The van der Waals surface area contributed by atoms with Crippen molar-refractivity contribution in [3.05, 3.63) is 59.7 Å². The lowest BCUT2D eigenvalue weighted by molar-refractivity contribution is -0.137. The van der Waals surface area contributed by atoms with E-state index in [9.17, 15) is 18.0 Å². The predicted molar refractivity (Wildman–Crippen MR) is 110 cm³/mol. The predicted octanol–water partition coefficient (Wildman–Crippen LogP) is 3.59. The van der Waals surface area contributed by atoms with Crippen molar-refractivity contribution in [2.75, 3.05) is 39.8 Å². The Kier molecular flexibility index (Phi) is 5.84. The van der Waals surface area contributed by atoms with Gasteiger partial charge in [0.2, 0.25) is 5.91 Å². The van der Waals surface area contributed by atoms with Crippen LogP contribution in [0.1, 0.15) is 23.5 Å². The Morgan fingerprint density at radius 3 is 2.40 bits per heavy atom. The number of hydrogen-bond acceptors (Lipinski definition) is 3. The molecule has 160 valence electrons. The van der Waals surface area contributed by atoms with Crippen molar-refractivity contribution < 1.29 is 18.0 Å². The molecule has 0 bridgehead atoms. The van der Waals surface area contributed by atoms with Crippen LogP contribution in [-0.2, 0) is 11.0 Å². The molecule has 1 unspecified atom stereocenters. The van der Waals surface area contributed by atoms with Crippen LogP contribution in [-0.4, -0.2) is 61.5 Å². The highest BCUT2D eigenvalue weighted by molar-refractivity contribution is 5.78. The minimum atomic E-state index is -4.34. The first-order chi connectivity index (χ1) is 14.3. The molecular formula is C23H26F3N3O. The Morgan fingerprint density at radius 2 is 1.73 bits per heavy atom. The molecule has 0 aromatic heterocycles. The van der Waals surface area contributed by atoms with E-state index in [1.165, 1.54) is 12.1 Å². The molecule has 1 amide bonds. The van der Waals surface area contributed by atoms with Crippen molar-refractivity contribution in [3.8, 4) is 11.1 Å². The smallest absolute Gasteiger partial charge is 0.339 e. The third-order valence-corrected chi connectivity index (χ3v) is 6.02. The molecular weight excluding hydrogens is 391 g/mol. The fourth-order valence-electron chi connectivity index (χ4n) is 3.97. The maximum absolute atomic E-state index is 12.9. The van der Waals surface area contributed by atoms with Crippen LogP contribution in [0.25, 0.3) is 11.1 Å². The third kappa shape index (κ3) is 4.84. The lowest BCUT2D eigenvalue weighted by atomic mass is 10.0. The van der Waals surface area contributed by atoms with Crippen LogP contribution in [0.2, 0.25) is 0 Å². The Balaban J connectivity index is 1.31. The summed E-state index contributed by atoms with van der Waals surface area (Å²) in [5.74, 6) is 0.495. The highest BCUT2D eigenvalue weighted by atomic mass is 19.4. The maximum Gasteiger partial charge on any atom is 0.416 e. The number of carbonyl (C=O) groups is 1. The normalized spacial score (nSPS) is 22.2. The molecule has 0 spiro atoms. The summed E-state index contributed by atoms with van der Waals surface area (Å²) in [5, 5.41) is 3.35. The SMILES string of the molecule is CN1CCN(C(=O)CN[C@H]2CC2c2ccc(-c3cccc(C(F)(F)F)c3)cc2)CC1. The molecule has 1 aliphatic heterocycles. The highest BCUT2D eigenvalue weighted by Crippen LogP contribution is 2.41. The number of nitrogens with one attached hydrogen (secondary N) is 1. The molecule has 2 fully saturated rings. The highest BCUT2D eigenvalue weighted by Gasteiger charge is 2.38. The maximum atomic E-state index is 12.9. The summed E-state index contributed by atoms with van der Waals surface area (Å²) in [4.78, 5) is 16.5. The Morgan fingerprint density at radius 1 is 1.03 bits per heavy atom. The summed E-state index contributed by atoms with van der Waals surface area (Å²) < 4.78 is 38.8. The summed E-state index contributed by atoms with van der Waals surface area (Å²) in [6.07, 6.45) is -3.37. The third-order valence-electron chi connectivity index (χ3n) is 6.02. The van der Waals surface area contributed by atoms with E-state index in [0.29, 0.717) is 18.0 Å². The zero-order valence-electron chi connectivity index (χ0n) is 17.0. The van der Waals surface area contributed by atoms with Gasteiger partial charge in [0.05, 0.1) is 12.1 Å². The molecule has 1 aliphatic carbocycles. The second-order valence-electron chi connectivity index (χ2n) is 8.21. The summed E-state index contributed by atoms with van der Waals surface area (Å²) >= 11 is 0. The molecule has 4 rings (SSSR count). The Bertz CT molecular complexity index is 889. The van der Waals surface area contributed by atoms with Crippen molar-refractivity contribution in [3.63, 3.8) is 0 Å². The van der Waals surface area contributed by atoms with Crippen molar-refractivity contribution in [1.82, 2.24) is 15.1 Å². The number of likely N-dealkylation sites (N-methyl/N-ethyl adjacent to an activating group) is 1. The first-order valence-electron chi connectivity index (χ1n) is 10.3. The first kappa shape index (κ1) is 20.9. The van der Waals surface area contributed by atoms with E-state index in [0.717, 1.165) is 49.8 Å². The van der Waals surface area contributed by atoms with Gasteiger partial charge >= 0.3 is 6.18 Å². The van der Waals surface area contributed by atoms with Crippen LogP contribution in [0.15, 0.2) is 48.5 Å². The summed E-state index contributed by atoms with van der Waals surface area (Å²) in [6, 6.07) is 13.4. The standard InChI is InChI=1S/C23H26F3N3O/c1-28-9-11-29(12-10-28)22(30)15-27-21-14-20(21)17-7-5-16(6-8-17)18-3-2-4-19(13-18)23(24,25)26/h2-8,13,20-21,27H,9-12,14-15H2,1H3/t20?,21-/m0/s1. The van der Waals surface area contributed by atoms with E-state index in [-0.39, 0.29) is 11.9 Å². The minimum Gasteiger partial charge on any atom is -0.339 e. The zero-order valence-corrected chi connectivity index (χ0v) is 17.0. The topological polar surface area (TPSA) is 35.6 Å². The van der Waals surface area contributed by atoms with Gasteiger partial charge in [0, 0.05) is 38.1 Å². The summed E-state index contributed by atoms with van der Waals surface area (Å²) in [7, 11) is 2.06. The molecule has 7 heteroatoms. The van der Waals surface area contributed by atoms with Gasteiger partial charge in [0.15, 0.2) is 0 Å². The van der Waals surface area contributed by atoms with Crippen molar-refractivity contribution in [2.45, 2.75) is 24.6 Å². The van der Waals surface area contributed by atoms with E-state index in [4.69, 9.17) is 0 Å². The number of rotatable bonds is 5. The Labute approximate surface area is 174 Å². The largest absolute Gasteiger partial charge is 0.416 e. The van der Waals surface area contributed by atoms with Gasteiger partial charge in [-0.15, -0.1) is 0 Å². The number of benzene rings is 2. The molecule has 4 nitrogen and oxygen atoms in total. The van der Waals surface area contributed by atoms with Crippen LogP contribution in [0.4, 0.5) is 13.2 Å². The van der Waals surface area contributed by atoms with Gasteiger partial charge < -0.3 is 15.1 Å². The van der Waals surface area contributed by atoms with Crippen LogP contribution in [0, 0.1) is 0 Å². The number of carbonyl (C=O) groups excluding carboxylic acids is 1. The zero-order chi connectivity index (χ0) is 21.3. The van der Waals surface area contributed by atoms with Crippen LogP contribution in [0.5, 0.6) is 0 Å². The van der Waals surface area contributed by atoms with Gasteiger partial charge in [-0.1, -0.05) is 36.4 Å². The Hall–Kier alpha value is -2.38. The molecule has 1 saturated carbocycles. The number of hydrogen-bond donors (Lipinski definition) is 1. The minimum absolute atomic E-state index is 0.147. The average molecular weight is 417 g/mol. The number of halogens is 3. The number of alkyl halides is 3. The first-order valence-corrected chi connectivity index (χ1v) is 10.3. The lowest BCUT2D eigenvalue weighted by Gasteiger charge is -2.32. The number of amides is 1. The molecule has 30 heavy (non-hydrogen) atoms. The molecule has 2 atom stereocenters.